The normalized spacial score (nSPS) is 17.3. The van der Waals surface area contributed by atoms with Crippen LogP contribution in [-0.4, -0.2) is 29.2 Å². The third-order valence-corrected chi connectivity index (χ3v) is 4.10. The van der Waals surface area contributed by atoms with E-state index in [1.54, 1.807) is 0 Å². The number of benzene rings is 1. The van der Waals surface area contributed by atoms with E-state index in [0.717, 1.165) is 43.2 Å². The lowest BCUT2D eigenvalue weighted by atomic mass is 10.1. The van der Waals surface area contributed by atoms with Crippen molar-refractivity contribution in [3.8, 4) is 0 Å². The van der Waals surface area contributed by atoms with Gasteiger partial charge in [0.2, 0.25) is 5.95 Å². The van der Waals surface area contributed by atoms with Crippen molar-refractivity contribution in [3.05, 3.63) is 41.1 Å². The van der Waals surface area contributed by atoms with Crippen molar-refractivity contribution in [2.75, 3.05) is 23.8 Å². The Bertz CT molecular complexity index is 660. The molecule has 5 nitrogen and oxygen atoms in total. The Labute approximate surface area is 137 Å². The monoisotopic (exact) mass is 312 g/mol. The van der Waals surface area contributed by atoms with Crippen LogP contribution in [0.5, 0.6) is 0 Å². The molecule has 1 saturated heterocycles. The zero-order valence-electron chi connectivity index (χ0n) is 14.0. The summed E-state index contributed by atoms with van der Waals surface area (Å²) >= 11 is 0. The van der Waals surface area contributed by atoms with Gasteiger partial charge in [0.1, 0.15) is 5.82 Å². The molecule has 0 aliphatic carbocycles. The Morgan fingerprint density at radius 3 is 2.65 bits per heavy atom. The fraction of sp³-hybridized carbons (Fsp3) is 0.444. The van der Waals surface area contributed by atoms with Crippen LogP contribution < -0.4 is 10.6 Å². The zero-order valence-corrected chi connectivity index (χ0v) is 14.0. The summed E-state index contributed by atoms with van der Waals surface area (Å²) in [5.41, 5.74) is 4.45. The Kier molecular flexibility index (Phi) is 4.76. The summed E-state index contributed by atoms with van der Waals surface area (Å²) in [5.74, 6) is 1.46. The highest BCUT2D eigenvalue weighted by molar-refractivity contribution is 5.65. The van der Waals surface area contributed by atoms with Gasteiger partial charge in [0.25, 0.3) is 0 Å². The van der Waals surface area contributed by atoms with Crippen LogP contribution in [0.1, 0.15) is 29.7 Å². The van der Waals surface area contributed by atoms with E-state index in [9.17, 15) is 0 Å². The first-order chi connectivity index (χ1) is 11.1. The summed E-state index contributed by atoms with van der Waals surface area (Å²) in [4.78, 5) is 9.05. The Morgan fingerprint density at radius 2 is 1.96 bits per heavy atom. The highest BCUT2D eigenvalue weighted by atomic mass is 16.5. The highest BCUT2D eigenvalue weighted by Crippen LogP contribution is 2.24. The molecule has 2 aromatic rings. The first-order valence-electron chi connectivity index (χ1n) is 8.16. The fourth-order valence-corrected chi connectivity index (χ4v) is 2.86. The van der Waals surface area contributed by atoms with E-state index in [2.05, 4.69) is 52.6 Å². The Hall–Kier alpha value is -2.14. The minimum Gasteiger partial charge on any atom is -0.376 e. The van der Waals surface area contributed by atoms with Crippen LogP contribution in [0.2, 0.25) is 0 Å². The number of para-hydroxylation sites is 1. The van der Waals surface area contributed by atoms with E-state index in [4.69, 9.17) is 4.74 Å². The van der Waals surface area contributed by atoms with E-state index in [1.807, 2.05) is 13.0 Å². The van der Waals surface area contributed by atoms with Crippen molar-refractivity contribution in [3.63, 3.8) is 0 Å². The molecule has 1 unspecified atom stereocenters. The second-order valence-corrected chi connectivity index (χ2v) is 6.13. The number of nitrogens with zero attached hydrogens (tertiary/aromatic N) is 2. The molecular formula is C18H24N4O. The number of anilines is 3. The second-order valence-electron chi connectivity index (χ2n) is 6.13. The molecule has 0 amide bonds. The standard InChI is InChI=1S/C18H24N4O/c1-12-6-4-7-13(2)17(12)21-16-10-14(3)20-18(22-16)19-11-15-8-5-9-23-15/h4,6-7,10,15H,5,8-9,11H2,1-3H3,(H2,19,20,21,22). The highest BCUT2D eigenvalue weighted by Gasteiger charge is 2.15. The van der Waals surface area contributed by atoms with E-state index in [0.29, 0.717) is 5.95 Å². The van der Waals surface area contributed by atoms with Gasteiger partial charge < -0.3 is 15.4 Å². The van der Waals surface area contributed by atoms with E-state index < -0.39 is 0 Å². The van der Waals surface area contributed by atoms with Gasteiger partial charge in [-0.2, -0.15) is 4.98 Å². The maximum Gasteiger partial charge on any atom is 0.224 e. The van der Waals surface area contributed by atoms with Gasteiger partial charge >= 0.3 is 0 Å². The predicted molar refractivity (Wildman–Crippen MR) is 93.4 cm³/mol. The maximum absolute atomic E-state index is 5.63. The van der Waals surface area contributed by atoms with Gasteiger partial charge in [0.15, 0.2) is 0 Å². The molecule has 122 valence electrons. The molecule has 23 heavy (non-hydrogen) atoms. The molecule has 3 rings (SSSR count). The number of hydrogen-bond donors (Lipinski definition) is 2. The lowest BCUT2D eigenvalue weighted by Crippen LogP contribution is -2.20. The van der Waals surface area contributed by atoms with E-state index in [-0.39, 0.29) is 6.10 Å². The molecule has 0 radical (unpaired) electrons. The Morgan fingerprint density at radius 1 is 1.17 bits per heavy atom. The van der Waals surface area contributed by atoms with Crippen molar-refractivity contribution in [2.45, 2.75) is 39.7 Å². The lowest BCUT2D eigenvalue weighted by Gasteiger charge is -2.15. The van der Waals surface area contributed by atoms with Crippen molar-refractivity contribution in [2.24, 2.45) is 0 Å². The van der Waals surface area contributed by atoms with Crippen LogP contribution in [0.25, 0.3) is 0 Å². The van der Waals surface area contributed by atoms with Gasteiger partial charge in [0.05, 0.1) is 6.10 Å². The molecule has 1 aliphatic heterocycles. The molecule has 2 N–H and O–H groups in total. The smallest absolute Gasteiger partial charge is 0.224 e. The molecule has 5 heteroatoms. The first-order valence-corrected chi connectivity index (χ1v) is 8.16. The van der Waals surface area contributed by atoms with Gasteiger partial charge in [-0.15, -0.1) is 0 Å². The minimum absolute atomic E-state index is 0.272. The van der Waals surface area contributed by atoms with Gasteiger partial charge in [-0.1, -0.05) is 18.2 Å². The van der Waals surface area contributed by atoms with Crippen molar-refractivity contribution < 1.29 is 4.74 Å². The SMILES string of the molecule is Cc1cc(Nc2c(C)cccc2C)nc(NCC2CCCO2)n1. The summed E-state index contributed by atoms with van der Waals surface area (Å²) in [5, 5.41) is 6.72. The van der Waals surface area contributed by atoms with Gasteiger partial charge in [-0.25, -0.2) is 4.98 Å². The quantitative estimate of drug-likeness (QED) is 0.881. The molecule has 0 bridgehead atoms. The largest absolute Gasteiger partial charge is 0.376 e. The average molecular weight is 312 g/mol. The Balaban J connectivity index is 1.74. The summed E-state index contributed by atoms with van der Waals surface area (Å²) in [6, 6.07) is 8.22. The molecular weight excluding hydrogens is 288 g/mol. The molecule has 0 spiro atoms. The number of nitrogens with one attached hydrogen (secondary N) is 2. The number of rotatable bonds is 5. The summed E-state index contributed by atoms with van der Waals surface area (Å²) in [7, 11) is 0. The topological polar surface area (TPSA) is 59.1 Å². The molecule has 1 atom stereocenters. The summed E-state index contributed by atoms with van der Waals surface area (Å²) in [6.07, 6.45) is 2.52. The van der Waals surface area contributed by atoms with Gasteiger partial charge in [-0.05, 0) is 44.7 Å². The zero-order chi connectivity index (χ0) is 16.2. The van der Waals surface area contributed by atoms with Gasteiger partial charge in [-0.3, -0.25) is 0 Å². The fourth-order valence-electron chi connectivity index (χ4n) is 2.86. The summed E-state index contributed by atoms with van der Waals surface area (Å²) < 4.78 is 5.63. The molecule has 1 aromatic carbocycles. The lowest BCUT2D eigenvalue weighted by molar-refractivity contribution is 0.120. The minimum atomic E-state index is 0.272. The van der Waals surface area contributed by atoms with Crippen molar-refractivity contribution in [1.82, 2.24) is 9.97 Å². The van der Waals surface area contributed by atoms with Crippen LogP contribution in [0.15, 0.2) is 24.3 Å². The molecule has 1 aliphatic rings. The number of ether oxygens (including phenoxy) is 1. The van der Waals surface area contributed by atoms with Crippen LogP contribution in [0.3, 0.4) is 0 Å². The third kappa shape index (κ3) is 3.99. The summed E-state index contributed by atoms with van der Waals surface area (Å²) in [6.45, 7) is 7.79. The average Bonchev–Trinajstić information content (AvgIpc) is 3.02. The predicted octanol–water partition coefficient (Wildman–Crippen LogP) is 3.74. The van der Waals surface area contributed by atoms with Crippen LogP contribution in [0.4, 0.5) is 17.5 Å². The molecule has 2 heterocycles. The number of hydrogen-bond acceptors (Lipinski definition) is 5. The van der Waals surface area contributed by atoms with Crippen molar-refractivity contribution >= 4 is 17.5 Å². The van der Waals surface area contributed by atoms with Crippen LogP contribution >= 0.6 is 0 Å². The van der Waals surface area contributed by atoms with E-state index >= 15 is 0 Å². The van der Waals surface area contributed by atoms with Crippen LogP contribution in [-0.2, 0) is 4.74 Å². The molecule has 1 fully saturated rings. The third-order valence-electron chi connectivity index (χ3n) is 4.10. The number of aromatic nitrogens is 2. The maximum atomic E-state index is 5.63. The van der Waals surface area contributed by atoms with E-state index in [1.165, 1.54) is 11.1 Å². The molecule has 0 saturated carbocycles. The van der Waals surface area contributed by atoms with Crippen molar-refractivity contribution in [1.29, 1.82) is 0 Å². The van der Waals surface area contributed by atoms with Gasteiger partial charge in [0, 0.05) is 30.6 Å². The first kappa shape index (κ1) is 15.7. The molecule has 1 aromatic heterocycles. The van der Waals surface area contributed by atoms with Crippen LogP contribution in [0, 0.1) is 20.8 Å². The second kappa shape index (κ2) is 6.96. The number of aryl methyl sites for hydroxylation is 3.